The Morgan fingerprint density at radius 1 is 0.650 bits per heavy atom. The average molecular weight is 531 g/mol. The maximum Gasteiger partial charge on any atom is 0.165 e. The summed E-state index contributed by atoms with van der Waals surface area (Å²) in [4.78, 5) is 0. The molecule has 0 spiro atoms. The van der Waals surface area contributed by atoms with E-state index in [1.54, 1.807) is 72.8 Å². The van der Waals surface area contributed by atoms with Crippen LogP contribution in [0.2, 0.25) is 0 Å². The van der Waals surface area contributed by atoms with Gasteiger partial charge in [0.25, 0.3) is 0 Å². The number of methoxy groups -OCH3 is 2. The lowest BCUT2D eigenvalue weighted by Gasteiger charge is -2.16. The van der Waals surface area contributed by atoms with E-state index in [0.29, 0.717) is 22.5 Å². The van der Waals surface area contributed by atoms with Crippen LogP contribution in [0.25, 0.3) is 34.4 Å². The summed E-state index contributed by atoms with van der Waals surface area (Å²) >= 11 is 0. The van der Waals surface area contributed by atoms with Crippen LogP contribution in [0.3, 0.4) is 0 Å². The van der Waals surface area contributed by atoms with Crippen LogP contribution in [0.4, 0.5) is 11.4 Å². The number of nitrogens with zero attached hydrogens (tertiary/aromatic N) is 2. The summed E-state index contributed by atoms with van der Waals surface area (Å²) in [6, 6.07) is 24.6. The third-order valence-corrected chi connectivity index (χ3v) is 6.24. The summed E-state index contributed by atoms with van der Waals surface area (Å²) in [5.41, 5.74) is 16.0. The fourth-order valence-electron chi connectivity index (χ4n) is 4.13. The van der Waals surface area contributed by atoms with Crippen molar-refractivity contribution in [2.75, 3.05) is 25.7 Å². The average Bonchev–Trinajstić information content (AvgIpc) is 2.97. The van der Waals surface area contributed by atoms with E-state index in [9.17, 15) is 20.7 Å². The highest BCUT2D eigenvalue weighted by Gasteiger charge is 2.21. The van der Waals surface area contributed by atoms with Crippen molar-refractivity contribution in [1.82, 2.24) is 0 Å². The summed E-state index contributed by atoms with van der Waals surface area (Å²) in [6.07, 6.45) is 3.35. The normalized spacial score (nSPS) is 11.4. The van der Waals surface area contributed by atoms with E-state index in [4.69, 9.17) is 20.9 Å². The van der Waals surface area contributed by atoms with Crippen molar-refractivity contribution in [2.45, 2.75) is 0 Å². The van der Waals surface area contributed by atoms with E-state index in [2.05, 4.69) is 12.1 Å². The van der Waals surface area contributed by atoms with Gasteiger partial charge in [0.1, 0.15) is 0 Å². The Bertz CT molecular complexity index is 1580. The van der Waals surface area contributed by atoms with Gasteiger partial charge in [-0.3, -0.25) is 0 Å². The number of nitrogens with two attached hydrogens (primary N) is 2. The maximum atomic E-state index is 11.1. The second kappa shape index (κ2) is 11.7. The number of anilines is 2. The number of phenols is 2. The van der Waals surface area contributed by atoms with Crippen molar-refractivity contribution < 1.29 is 19.7 Å². The summed E-state index contributed by atoms with van der Waals surface area (Å²) in [6.45, 7) is 0. The lowest BCUT2D eigenvalue weighted by Crippen LogP contribution is -1.95. The molecular formula is C32H26N4O4. The number of phenolic OH excluding ortho intramolecular Hbond substituents is 2. The number of nitrogen functional groups attached to an aromatic ring is 2. The van der Waals surface area contributed by atoms with E-state index < -0.39 is 0 Å². The number of ether oxygens (including phenoxy) is 2. The molecular weight excluding hydrogens is 504 g/mol. The van der Waals surface area contributed by atoms with Gasteiger partial charge in [-0.05, 0) is 82.9 Å². The molecule has 4 rings (SSSR count). The Morgan fingerprint density at radius 3 is 1.30 bits per heavy atom. The van der Waals surface area contributed by atoms with Gasteiger partial charge in [0.2, 0.25) is 0 Å². The molecule has 0 fully saturated rings. The number of nitriles is 2. The minimum Gasteiger partial charge on any atom is -0.504 e. The minimum atomic E-state index is -0.258. The van der Waals surface area contributed by atoms with Crippen LogP contribution in [-0.2, 0) is 0 Å². The molecule has 0 aliphatic heterocycles. The van der Waals surface area contributed by atoms with Crippen LogP contribution in [0.15, 0.2) is 72.8 Å². The second-order valence-electron chi connectivity index (χ2n) is 8.82. The van der Waals surface area contributed by atoms with Crippen molar-refractivity contribution in [3.8, 4) is 46.3 Å². The third-order valence-electron chi connectivity index (χ3n) is 6.24. The molecule has 8 nitrogen and oxygen atoms in total. The van der Waals surface area contributed by atoms with Gasteiger partial charge in [-0.2, -0.15) is 10.5 Å². The zero-order valence-corrected chi connectivity index (χ0v) is 21.8. The van der Waals surface area contributed by atoms with Crippen LogP contribution < -0.4 is 20.9 Å². The molecule has 0 saturated carbocycles. The molecule has 0 unspecified atom stereocenters. The minimum absolute atomic E-state index is 0.0904. The molecule has 40 heavy (non-hydrogen) atoms. The van der Waals surface area contributed by atoms with Gasteiger partial charge in [0, 0.05) is 22.5 Å². The molecule has 0 aliphatic carbocycles. The fraction of sp³-hybridized carbons (Fsp3) is 0.0625. The van der Waals surface area contributed by atoms with Gasteiger partial charge in [0.05, 0.1) is 37.5 Å². The van der Waals surface area contributed by atoms with Crippen molar-refractivity contribution >= 4 is 34.7 Å². The van der Waals surface area contributed by atoms with Gasteiger partial charge in [-0.1, -0.05) is 24.3 Å². The Labute approximate surface area is 231 Å². The first-order valence-corrected chi connectivity index (χ1v) is 12.1. The van der Waals surface area contributed by atoms with E-state index in [1.807, 2.05) is 0 Å². The zero-order chi connectivity index (χ0) is 28.8. The molecule has 6 N–H and O–H groups in total. The SMILES string of the molecule is COc1cc(/C(C#N)=C/c2ccc(N)cc2)cc(-c2cc(/C(C#N)=C/c3ccc(N)cc3)cc(OC)c2O)c1O. The first-order chi connectivity index (χ1) is 19.3. The van der Waals surface area contributed by atoms with E-state index in [1.165, 1.54) is 26.4 Å². The Morgan fingerprint density at radius 2 is 1.00 bits per heavy atom. The highest BCUT2D eigenvalue weighted by Crippen LogP contribution is 2.47. The molecule has 4 aromatic carbocycles. The second-order valence-corrected chi connectivity index (χ2v) is 8.82. The van der Waals surface area contributed by atoms with Gasteiger partial charge >= 0.3 is 0 Å². The number of aromatic hydroxyl groups is 2. The smallest absolute Gasteiger partial charge is 0.165 e. The molecule has 0 aromatic heterocycles. The molecule has 0 radical (unpaired) electrons. The zero-order valence-electron chi connectivity index (χ0n) is 21.8. The van der Waals surface area contributed by atoms with Crippen molar-refractivity contribution in [2.24, 2.45) is 0 Å². The highest BCUT2D eigenvalue weighted by atomic mass is 16.5. The highest BCUT2D eigenvalue weighted by molar-refractivity contribution is 5.95. The van der Waals surface area contributed by atoms with Crippen LogP contribution >= 0.6 is 0 Å². The number of allylic oxidation sites excluding steroid dienone is 2. The number of hydrogen-bond acceptors (Lipinski definition) is 8. The summed E-state index contributed by atoms with van der Waals surface area (Å²) < 4.78 is 10.8. The van der Waals surface area contributed by atoms with Crippen molar-refractivity contribution in [1.29, 1.82) is 10.5 Å². The molecule has 0 heterocycles. The molecule has 4 aromatic rings. The Hall–Kier alpha value is -5.86. The van der Waals surface area contributed by atoms with Gasteiger partial charge < -0.3 is 31.2 Å². The van der Waals surface area contributed by atoms with E-state index >= 15 is 0 Å². The van der Waals surface area contributed by atoms with E-state index in [0.717, 1.165) is 11.1 Å². The van der Waals surface area contributed by atoms with Gasteiger partial charge in [0.15, 0.2) is 23.0 Å². The van der Waals surface area contributed by atoms with Crippen LogP contribution in [0.1, 0.15) is 22.3 Å². The molecule has 8 heteroatoms. The number of hydrogen-bond donors (Lipinski definition) is 4. The summed E-state index contributed by atoms with van der Waals surface area (Å²) in [5, 5.41) is 42.1. The Kier molecular flexibility index (Phi) is 7.94. The fourth-order valence-corrected chi connectivity index (χ4v) is 4.13. The largest absolute Gasteiger partial charge is 0.504 e. The summed E-state index contributed by atoms with van der Waals surface area (Å²) in [5.74, 6) is -0.335. The molecule has 0 aliphatic rings. The lowest BCUT2D eigenvalue weighted by atomic mass is 9.93. The topological polar surface area (TPSA) is 159 Å². The predicted molar refractivity (Wildman–Crippen MR) is 157 cm³/mol. The van der Waals surface area contributed by atoms with Crippen molar-refractivity contribution in [3.63, 3.8) is 0 Å². The Balaban J connectivity index is 1.92. The molecule has 0 amide bonds. The first-order valence-electron chi connectivity index (χ1n) is 12.1. The van der Waals surface area contributed by atoms with Gasteiger partial charge in [-0.15, -0.1) is 0 Å². The maximum absolute atomic E-state index is 11.1. The number of rotatable bonds is 7. The molecule has 0 bridgehead atoms. The first kappa shape index (κ1) is 27.2. The predicted octanol–water partition coefficient (Wildman–Crippen LogP) is 6.07. The molecule has 0 saturated heterocycles. The van der Waals surface area contributed by atoms with Gasteiger partial charge in [-0.25, -0.2) is 0 Å². The van der Waals surface area contributed by atoms with Crippen LogP contribution in [-0.4, -0.2) is 24.4 Å². The molecule has 198 valence electrons. The van der Waals surface area contributed by atoms with Crippen molar-refractivity contribution in [3.05, 3.63) is 95.1 Å². The third kappa shape index (κ3) is 5.67. The summed E-state index contributed by atoms with van der Waals surface area (Å²) in [7, 11) is 2.77. The lowest BCUT2D eigenvalue weighted by molar-refractivity contribution is 0.370. The van der Waals surface area contributed by atoms with Crippen LogP contribution in [0, 0.1) is 22.7 Å². The van der Waals surface area contributed by atoms with Crippen LogP contribution in [0.5, 0.6) is 23.0 Å². The quantitative estimate of drug-likeness (QED) is 0.127. The van der Waals surface area contributed by atoms with E-state index in [-0.39, 0.29) is 45.3 Å². The monoisotopic (exact) mass is 530 g/mol. The number of benzene rings is 4. The molecule has 0 atom stereocenters. The standard InChI is InChI=1S/C32H26N4O4/c1-39-29-15-21(23(17-33)11-19-3-7-25(35)8-4-19)13-27(31(29)37)28-14-22(16-30(40-2)32(28)38)24(18-34)12-20-5-9-26(36)10-6-20/h3-16,37-38H,35-36H2,1-2H3/b23-11+,24-12+.